The lowest BCUT2D eigenvalue weighted by atomic mass is 9.96. The first-order chi connectivity index (χ1) is 29.7. The van der Waals surface area contributed by atoms with Gasteiger partial charge in [0.25, 0.3) is 5.91 Å². The van der Waals surface area contributed by atoms with E-state index in [1.54, 1.807) is 11.0 Å². The number of rotatable bonds is 9. The molecule has 14 heteroatoms. The van der Waals surface area contributed by atoms with Crippen LogP contribution in [0.3, 0.4) is 0 Å². The van der Waals surface area contributed by atoms with Crippen LogP contribution in [0.5, 0.6) is 5.75 Å². The largest absolute Gasteiger partial charge is 0.490 e. The lowest BCUT2D eigenvalue weighted by molar-refractivity contribution is -0.136. The summed E-state index contributed by atoms with van der Waals surface area (Å²) in [5, 5.41) is 15.2. The highest BCUT2D eigenvalue weighted by Crippen LogP contribution is 2.33. The fourth-order valence-corrected chi connectivity index (χ4v) is 8.75. The first-order valence-electron chi connectivity index (χ1n) is 20.9. The van der Waals surface area contributed by atoms with Crippen LogP contribution in [-0.4, -0.2) is 81.7 Å². The molecule has 0 aliphatic carbocycles. The number of nitrogens with zero attached hydrogens (tertiary/aromatic N) is 4. The van der Waals surface area contributed by atoms with Crippen molar-refractivity contribution in [2.24, 2.45) is 23.3 Å². The van der Waals surface area contributed by atoms with E-state index in [-0.39, 0.29) is 30.2 Å². The fourth-order valence-electron chi connectivity index (χ4n) is 8.75. The number of hydrogen-bond donors (Lipinski definition) is 5. The second kappa shape index (κ2) is 18.5. The number of hydrogen-bond acceptors (Lipinski definition) is 11. The summed E-state index contributed by atoms with van der Waals surface area (Å²) in [5.41, 5.74) is 13.0. The first-order valence-corrected chi connectivity index (χ1v) is 20.9. The molecule has 5 heterocycles. The van der Waals surface area contributed by atoms with Gasteiger partial charge in [-0.25, -0.2) is 0 Å². The van der Waals surface area contributed by atoms with Gasteiger partial charge in [-0.1, -0.05) is 53.4 Å². The minimum Gasteiger partial charge on any atom is -0.490 e. The Morgan fingerprint density at radius 2 is 1.56 bits per heavy atom. The number of piperidine rings is 3. The summed E-state index contributed by atoms with van der Waals surface area (Å²) >= 11 is 0. The van der Waals surface area contributed by atoms with Crippen molar-refractivity contribution in [3.63, 3.8) is 0 Å². The second-order valence-electron chi connectivity index (χ2n) is 16.2. The summed E-state index contributed by atoms with van der Waals surface area (Å²) in [6, 6.07) is 27.5. The number of likely N-dealkylation sites (tertiary alicyclic amines) is 2. The maximum atomic E-state index is 13.0. The van der Waals surface area contributed by atoms with Gasteiger partial charge in [0.05, 0.1) is 5.39 Å². The van der Waals surface area contributed by atoms with E-state index in [1.807, 2.05) is 54.6 Å². The van der Waals surface area contributed by atoms with Crippen molar-refractivity contribution < 1.29 is 23.6 Å². The van der Waals surface area contributed by atoms with Gasteiger partial charge in [-0.15, -0.1) is 0 Å². The van der Waals surface area contributed by atoms with E-state index < -0.39 is 11.9 Å². The number of carbonyl (C=O) groups excluding carboxylic acids is 3. The van der Waals surface area contributed by atoms with Crippen LogP contribution < -0.4 is 27.5 Å². The average molecular weight is 822 g/mol. The lowest BCUT2D eigenvalue weighted by Gasteiger charge is -2.32. The maximum absolute atomic E-state index is 13.0. The van der Waals surface area contributed by atoms with E-state index in [4.69, 9.17) is 20.4 Å². The van der Waals surface area contributed by atoms with Crippen LogP contribution in [0.4, 0.5) is 0 Å². The molecular weight excluding hydrogens is 771 g/mol. The van der Waals surface area contributed by atoms with Gasteiger partial charge in [-0.2, -0.15) is 0 Å². The number of nitrogen functional groups attached to an aromatic ring is 1. The summed E-state index contributed by atoms with van der Waals surface area (Å²) < 4.78 is 12.2. The van der Waals surface area contributed by atoms with E-state index in [0.717, 1.165) is 98.3 Å². The van der Waals surface area contributed by atoms with Crippen molar-refractivity contribution >= 4 is 34.5 Å². The number of fused-ring (bicyclic) bond motifs is 2. The molecule has 314 valence electrons. The van der Waals surface area contributed by atoms with Crippen LogP contribution >= 0.6 is 0 Å². The van der Waals surface area contributed by atoms with Gasteiger partial charge in [0.15, 0.2) is 5.76 Å². The molecule has 1 aromatic heterocycles. The van der Waals surface area contributed by atoms with E-state index >= 15 is 0 Å². The lowest BCUT2D eigenvalue weighted by Crippen LogP contribution is -2.52. The zero-order valence-corrected chi connectivity index (χ0v) is 34.1. The number of amidine groups is 1. The Labute approximate surface area is 354 Å². The topological polar surface area (TPSA) is 210 Å². The Morgan fingerprint density at radius 1 is 0.852 bits per heavy atom. The van der Waals surface area contributed by atoms with E-state index in [0.29, 0.717) is 35.8 Å². The molecule has 0 saturated carbocycles. The molecule has 8 N–H and O–H groups in total. The highest BCUT2D eigenvalue weighted by atomic mass is 16.5. The van der Waals surface area contributed by atoms with Crippen LogP contribution in [0.15, 0.2) is 89.5 Å². The highest BCUT2D eigenvalue weighted by Gasteiger charge is 2.39. The molecule has 61 heavy (non-hydrogen) atoms. The number of nitrogens with two attached hydrogens (primary N) is 3. The number of imide groups is 1. The fraction of sp³-hybridized carbons (Fsp3) is 0.340. The van der Waals surface area contributed by atoms with Crippen molar-refractivity contribution in [3.8, 4) is 28.9 Å². The number of ether oxygens (including phenoxy) is 1. The quantitative estimate of drug-likeness (QED) is 0.0345. The molecule has 9 rings (SSSR count). The summed E-state index contributed by atoms with van der Waals surface area (Å²) in [6.07, 6.45) is 4.68. The van der Waals surface area contributed by atoms with Crippen LogP contribution in [0.2, 0.25) is 0 Å². The monoisotopic (exact) mass is 821 g/mol. The third-order valence-corrected chi connectivity index (χ3v) is 12.1. The second-order valence-corrected chi connectivity index (χ2v) is 16.2. The minimum absolute atomic E-state index is 0.00644. The number of aromatic nitrogens is 1. The third kappa shape index (κ3) is 9.51. The van der Waals surface area contributed by atoms with Gasteiger partial charge in [-0.05, 0) is 110 Å². The minimum atomic E-state index is -0.612. The van der Waals surface area contributed by atoms with E-state index in [1.165, 1.54) is 11.1 Å². The molecule has 0 spiro atoms. The Balaban J connectivity index is 0.00000253. The van der Waals surface area contributed by atoms with Crippen LogP contribution in [-0.2, 0) is 29.2 Å². The molecule has 0 radical (unpaired) electrons. The summed E-state index contributed by atoms with van der Waals surface area (Å²) in [6.45, 7) is 6.16. The predicted molar refractivity (Wildman–Crippen MR) is 232 cm³/mol. The summed E-state index contributed by atoms with van der Waals surface area (Å²) in [7, 11) is 0. The SMILES string of the molecule is N=C(N)c1ccc2noc(-c3cccc(OC4CCN(Cc5ccc(CN6CCC(C#Cc7ccc8c(c7)CN(C7CCC(=O)NC7=O)C8=O)CC6)cc5)CC4)c3)c2c1.NN. The molecule has 4 aliphatic heterocycles. The van der Waals surface area contributed by atoms with Crippen molar-refractivity contribution in [1.82, 2.24) is 25.2 Å². The zero-order chi connectivity index (χ0) is 42.5. The first kappa shape index (κ1) is 41.4. The standard InChI is InChI=1S/C47H47N7O5.H4N2/c48-45(49)35-11-13-41-40(26-35)44(59-51-41)34-2-1-3-38(25-34)58-37-18-22-53(23-19-37)28-33-8-6-32(7-9-33)27-52-20-16-30(17-21-52)4-5-31-10-12-39-36(24-31)29-54(47(39)57)42-14-15-43(55)50-46(42)56;1-2/h1-3,6-13,24-26,30,37,42H,14-23,27-29H2,(H3,48,49)(H,50,55,56);1-2H2. The molecule has 14 nitrogen and oxygen atoms in total. The smallest absolute Gasteiger partial charge is 0.255 e. The van der Waals surface area contributed by atoms with E-state index in [2.05, 4.69) is 68.1 Å². The molecule has 1 unspecified atom stereocenters. The molecule has 0 bridgehead atoms. The Morgan fingerprint density at radius 3 is 2.25 bits per heavy atom. The van der Waals surface area contributed by atoms with Gasteiger partial charge >= 0.3 is 0 Å². The molecule has 4 aromatic carbocycles. The van der Waals surface area contributed by atoms with Gasteiger partial charge in [0.2, 0.25) is 11.8 Å². The molecular formula is C47H51N9O5. The summed E-state index contributed by atoms with van der Waals surface area (Å²) in [4.78, 5) is 43.6. The number of nitrogens with one attached hydrogen (secondary N) is 2. The van der Waals surface area contributed by atoms with Gasteiger partial charge in [0.1, 0.15) is 29.2 Å². The molecule has 3 amide bonds. The third-order valence-electron chi connectivity index (χ3n) is 12.1. The van der Waals surface area contributed by atoms with E-state index in [9.17, 15) is 14.4 Å². The van der Waals surface area contributed by atoms with Crippen molar-refractivity contribution in [3.05, 3.63) is 118 Å². The Kier molecular flexibility index (Phi) is 12.5. The molecule has 5 aromatic rings. The molecule has 3 saturated heterocycles. The zero-order valence-electron chi connectivity index (χ0n) is 34.1. The number of benzene rings is 4. The Hall–Kier alpha value is -6.37. The molecule has 3 fully saturated rings. The molecule has 4 aliphatic rings. The van der Waals surface area contributed by atoms with Gasteiger partial charge in [-0.3, -0.25) is 46.6 Å². The van der Waals surface area contributed by atoms with Crippen molar-refractivity contribution in [2.75, 3.05) is 26.2 Å². The van der Waals surface area contributed by atoms with Gasteiger partial charge in [0, 0.05) is 67.3 Å². The number of carbonyl (C=O) groups is 3. The normalized spacial score (nSPS) is 18.8. The van der Waals surface area contributed by atoms with Crippen molar-refractivity contribution in [1.29, 1.82) is 5.41 Å². The van der Waals surface area contributed by atoms with Gasteiger partial charge < -0.3 is 19.9 Å². The Bertz CT molecular complexity index is 2490. The number of hydrazine groups is 1. The van der Waals surface area contributed by atoms with Crippen LogP contribution in [0, 0.1) is 23.2 Å². The number of amides is 3. The predicted octanol–water partition coefficient (Wildman–Crippen LogP) is 4.67. The van der Waals surface area contributed by atoms with Crippen molar-refractivity contribution in [2.45, 2.75) is 70.3 Å². The van der Waals surface area contributed by atoms with Crippen LogP contribution in [0.25, 0.3) is 22.2 Å². The summed E-state index contributed by atoms with van der Waals surface area (Å²) in [5.74, 6) is 15.8. The molecule has 1 atom stereocenters. The highest BCUT2D eigenvalue weighted by molar-refractivity contribution is 6.05. The van der Waals surface area contributed by atoms with Crippen LogP contribution in [0.1, 0.15) is 76.7 Å². The maximum Gasteiger partial charge on any atom is 0.255 e. The average Bonchev–Trinajstić information content (AvgIpc) is 3.85.